The lowest BCUT2D eigenvalue weighted by Gasteiger charge is -2.41. The molecule has 1 saturated carbocycles. The summed E-state index contributed by atoms with van der Waals surface area (Å²) in [7, 11) is 0. The zero-order chi connectivity index (χ0) is 17.0. The molecular weight excluding hydrogens is 284 g/mol. The number of ketones is 1. The van der Waals surface area contributed by atoms with Gasteiger partial charge in [0.2, 0.25) is 0 Å². The molecule has 1 aromatic rings. The smallest absolute Gasteiger partial charge is 0.165 e. The summed E-state index contributed by atoms with van der Waals surface area (Å²) < 4.78 is 6.46. The Morgan fingerprint density at radius 3 is 2.39 bits per heavy atom. The third-order valence-corrected chi connectivity index (χ3v) is 6.18. The third-order valence-electron chi connectivity index (χ3n) is 6.18. The fourth-order valence-corrected chi connectivity index (χ4v) is 4.57. The number of rotatable bonds is 2. The van der Waals surface area contributed by atoms with E-state index < -0.39 is 5.60 Å². The summed E-state index contributed by atoms with van der Waals surface area (Å²) in [6, 6.07) is 8.53. The summed E-state index contributed by atoms with van der Waals surface area (Å²) in [5.74, 6) is 0.758. The van der Waals surface area contributed by atoms with Crippen LogP contribution in [0.4, 0.5) is 0 Å². The van der Waals surface area contributed by atoms with E-state index in [2.05, 4.69) is 51.6 Å². The van der Waals surface area contributed by atoms with Crippen molar-refractivity contribution in [3.05, 3.63) is 47.5 Å². The van der Waals surface area contributed by atoms with Crippen LogP contribution in [0, 0.1) is 24.2 Å². The van der Waals surface area contributed by atoms with Crippen LogP contribution in [-0.2, 0) is 9.53 Å². The standard InChI is InChI=1S/C21H28O2/c1-13(2)16-11-17-20(4,5)19(15-9-7-14(3)8-10-15)23-21(17,6)18(22)12-16/h7-10,16-17,19H,1,11-12H2,2-6H3/t16-,17-,19-,21+/m1/s1. The maximum atomic E-state index is 12.9. The Morgan fingerprint density at radius 2 is 1.83 bits per heavy atom. The molecule has 3 rings (SSSR count). The highest BCUT2D eigenvalue weighted by Crippen LogP contribution is 2.61. The second-order valence-corrected chi connectivity index (χ2v) is 8.30. The van der Waals surface area contributed by atoms with Crippen LogP contribution in [0.2, 0.25) is 0 Å². The molecular formula is C21H28O2. The van der Waals surface area contributed by atoms with Gasteiger partial charge in [-0.05, 0) is 38.7 Å². The molecule has 1 aliphatic carbocycles. The lowest BCUT2D eigenvalue weighted by atomic mass is 9.60. The summed E-state index contributed by atoms with van der Waals surface area (Å²) in [5, 5.41) is 0. The Hall–Kier alpha value is -1.41. The first-order chi connectivity index (χ1) is 10.7. The number of allylic oxidation sites excluding steroid dienone is 1. The lowest BCUT2D eigenvalue weighted by molar-refractivity contribution is -0.149. The quantitative estimate of drug-likeness (QED) is 0.717. The average molecular weight is 312 g/mol. The maximum absolute atomic E-state index is 12.9. The molecule has 0 radical (unpaired) electrons. The van der Waals surface area contributed by atoms with Crippen LogP contribution in [0.25, 0.3) is 0 Å². The van der Waals surface area contributed by atoms with Crippen LogP contribution in [0.15, 0.2) is 36.4 Å². The predicted molar refractivity (Wildman–Crippen MR) is 93.2 cm³/mol. The van der Waals surface area contributed by atoms with Gasteiger partial charge in [-0.1, -0.05) is 55.8 Å². The molecule has 2 aliphatic rings. The van der Waals surface area contributed by atoms with Gasteiger partial charge >= 0.3 is 0 Å². The van der Waals surface area contributed by atoms with Gasteiger partial charge in [-0.3, -0.25) is 4.79 Å². The van der Waals surface area contributed by atoms with E-state index in [4.69, 9.17) is 4.74 Å². The molecule has 124 valence electrons. The lowest BCUT2D eigenvalue weighted by Crippen LogP contribution is -2.49. The van der Waals surface area contributed by atoms with Gasteiger partial charge in [0.15, 0.2) is 5.78 Å². The van der Waals surface area contributed by atoms with Crippen LogP contribution in [0.3, 0.4) is 0 Å². The summed E-state index contributed by atoms with van der Waals surface area (Å²) in [6.45, 7) is 14.7. The minimum Gasteiger partial charge on any atom is -0.359 e. The maximum Gasteiger partial charge on any atom is 0.165 e. The van der Waals surface area contributed by atoms with Crippen molar-refractivity contribution < 1.29 is 9.53 Å². The molecule has 4 atom stereocenters. The van der Waals surface area contributed by atoms with E-state index in [1.165, 1.54) is 11.1 Å². The van der Waals surface area contributed by atoms with Gasteiger partial charge in [0.05, 0.1) is 6.10 Å². The highest BCUT2D eigenvalue weighted by Gasteiger charge is 2.62. The summed E-state index contributed by atoms with van der Waals surface area (Å²) in [4.78, 5) is 12.9. The SMILES string of the molecule is C=C(C)[C@H]1CC(=O)[C@@]2(C)O[C@H](c3ccc(C)cc3)C(C)(C)[C@H]2C1. The zero-order valence-electron chi connectivity index (χ0n) is 15.0. The fraction of sp³-hybridized carbons (Fsp3) is 0.571. The Kier molecular flexibility index (Phi) is 3.79. The van der Waals surface area contributed by atoms with E-state index in [1.807, 2.05) is 13.8 Å². The van der Waals surface area contributed by atoms with Crippen LogP contribution >= 0.6 is 0 Å². The van der Waals surface area contributed by atoms with E-state index in [1.54, 1.807) is 0 Å². The van der Waals surface area contributed by atoms with Gasteiger partial charge in [0.1, 0.15) is 5.60 Å². The first-order valence-electron chi connectivity index (χ1n) is 8.59. The van der Waals surface area contributed by atoms with E-state index in [0.29, 0.717) is 12.3 Å². The number of aryl methyl sites for hydroxylation is 1. The largest absolute Gasteiger partial charge is 0.359 e. The monoisotopic (exact) mass is 312 g/mol. The number of Topliss-reactive ketones (excluding diaryl/α,β-unsaturated/α-hetero) is 1. The number of benzene rings is 1. The number of carbonyl (C=O) groups excluding carboxylic acids is 1. The van der Waals surface area contributed by atoms with Gasteiger partial charge in [0.25, 0.3) is 0 Å². The average Bonchev–Trinajstić information content (AvgIpc) is 2.69. The zero-order valence-corrected chi connectivity index (χ0v) is 15.0. The molecule has 0 bridgehead atoms. The number of ether oxygens (including phenoxy) is 1. The van der Waals surface area contributed by atoms with Gasteiger partial charge in [-0.25, -0.2) is 0 Å². The number of hydrogen-bond donors (Lipinski definition) is 0. The summed E-state index contributed by atoms with van der Waals surface area (Å²) >= 11 is 0. The van der Waals surface area contributed by atoms with Crippen LogP contribution in [0.1, 0.15) is 57.8 Å². The minimum absolute atomic E-state index is 0.0362. The van der Waals surface area contributed by atoms with Gasteiger partial charge in [-0.15, -0.1) is 0 Å². The molecule has 23 heavy (non-hydrogen) atoms. The van der Waals surface area contributed by atoms with E-state index in [-0.39, 0.29) is 23.2 Å². The molecule has 1 aliphatic heterocycles. The van der Waals surface area contributed by atoms with Crippen molar-refractivity contribution >= 4 is 5.78 Å². The van der Waals surface area contributed by atoms with Crippen molar-refractivity contribution in [2.24, 2.45) is 17.3 Å². The Morgan fingerprint density at radius 1 is 1.22 bits per heavy atom. The van der Waals surface area contributed by atoms with Crippen LogP contribution in [-0.4, -0.2) is 11.4 Å². The second kappa shape index (κ2) is 5.31. The molecule has 0 unspecified atom stereocenters. The van der Waals surface area contributed by atoms with Crippen LogP contribution in [0.5, 0.6) is 0 Å². The van der Waals surface area contributed by atoms with Gasteiger partial charge in [-0.2, -0.15) is 0 Å². The molecule has 0 aromatic heterocycles. The molecule has 0 spiro atoms. The molecule has 2 heteroatoms. The second-order valence-electron chi connectivity index (χ2n) is 8.30. The van der Waals surface area contributed by atoms with Crippen molar-refractivity contribution in [2.45, 2.75) is 59.2 Å². The number of hydrogen-bond acceptors (Lipinski definition) is 2. The Bertz CT molecular complexity index is 640. The van der Waals surface area contributed by atoms with E-state index >= 15 is 0 Å². The molecule has 1 saturated heterocycles. The van der Waals surface area contributed by atoms with E-state index in [9.17, 15) is 4.79 Å². The minimum atomic E-state index is -0.662. The normalized spacial score (nSPS) is 35.9. The first-order valence-corrected chi connectivity index (χ1v) is 8.59. The Labute approximate surface area is 139 Å². The molecule has 2 nitrogen and oxygen atoms in total. The van der Waals surface area contributed by atoms with Crippen molar-refractivity contribution in [2.75, 3.05) is 0 Å². The third kappa shape index (κ3) is 2.48. The van der Waals surface area contributed by atoms with Crippen molar-refractivity contribution in [1.82, 2.24) is 0 Å². The summed E-state index contributed by atoms with van der Waals surface area (Å²) in [5.41, 5.74) is 2.80. The first kappa shape index (κ1) is 16.4. The fourth-order valence-electron chi connectivity index (χ4n) is 4.57. The molecule has 0 N–H and O–H groups in total. The van der Waals surface area contributed by atoms with Crippen molar-refractivity contribution in [3.8, 4) is 0 Å². The van der Waals surface area contributed by atoms with Gasteiger partial charge < -0.3 is 4.74 Å². The van der Waals surface area contributed by atoms with Gasteiger partial charge in [0, 0.05) is 17.8 Å². The summed E-state index contributed by atoms with van der Waals surface area (Å²) in [6.07, 6.45) is 1.53. The van der Waals surface area contributed by atoms with Crippen molar-refractivity contribution in [3.63, 3.8) is 0 Å². The Balaban J connectivity index is 2.00. The molecule has 0 amide bonds. The van der Waals surface area contributed by atoms with Crippen molar-refractivity contribution in [1.29, 1.82) is 0 Å². The predicted octanol–water partition coefficient (Wildman–Crippen LogP) is 5.02. The molecule has 1 heterocycles. The molecule has 2 fully saturated rings. The number of fused-ring (bicyclic) bond motifs is 1. The topological polar surface area (TPSA) is 26.3 Å². The number of carbonyl (C=O) groups is 1. The van der Waals surface area contributed by atoms with E-state index in [0.717, 1.165) is 12.0 Å². The molecule has 1 aromatic carbocycles. The highest BCUT2D eigenvalue weighted by molar-refractivity contribution is 5.89. The van der Waals surface area contributed by atoms with Crippen LogP contribution < -0.4 is 0 Å². The highest BCUT2D eigenvalue weighted by atomic mass is 16.5.